The molecule has 2 fully saturated rings. The monoisotopic (exact) mass is 335 g/mol. The number of amides is 1. The van der Waals surface area contributed by atoms with Crippen LogP contribution in [0.2, 0.25) is 0 Å². The standard InChI is InChI=1S/C17H25N3O4/c1-22-10-2-7-18-16(21)15-4-3-14(13-19-15)20-8-5-17(6-9-20)23-11-12-24-17/h3-4,13H,2,5-12H2,1H3,(H,18,21). The Labute approximate surface area is 142 Å². The van der Waals surface area contributed by atoms with Gasteiger partial charge in [0.2, 0.25) is 0 Å². The number of carbonyl (C=O) groups excluding carboxylic acids is 1. The summed E-state index contributed by atoms with van der Waals surface area (Å²) in [5.74, 6) is -0.519. The molecule has 0 bridgehead atoms. The maximum atomic E-state index is 12.0. The van der Waals surface area contributed by atoms with Gasteiger partial charge in [-0.1, -0.05) is 0 Å². The van der Waals surface area contributed by atoms with Crippen LogP contribution in [0.1, 0.15) is 29.8 Å². The first-order valence-electron chi connectivity index (χ1n) is 8.48. The number of aromatic nitrogens is 1. The van der Waals surface area contributed by atoms with E-state index in [9.17, 15) is 4.79 Å². The molecular formula is C17H25N3O4. The van der Waals surface area contributed by atoms with E-state index in [1.165, 1.54) is 0 Å². The number of anilines is 1. The molecule has 7 nitrogen and oxygen atoms in total. The summed E-state index contributed by atoms with van der Waals surface area (Å²) in [5.41, 5.74) is 1.46. The van der Waals surface area contributed by atoms with E-state index in [-0.39, 0.29) is 11.7 Å². The van der Waals surface area contributed by atoms with Crippen LogP contribution in [-0.4, -0.2) is 63.2 Å². The van der Waals surface area contributed by atoms with Crippen molar-refractivity contribution in [3.63, 3.8) is 0 Å². The van der Waals surface area contributed by atoms with Gasteiger partial charge in [0, 0.05) is 46.2 Å². The number of ether oxygens (including phenoxy) is 3. The number of hydrogen-bond donors (Lipinski definition) is 1. The summed E-state index contributed by atoms with van der Waals surface area (Å²) in [6.45, 7) is 4.33. The molecule has 7 heteroatoms. The fourth-order valence-electron chi connectivity index (χ4n) is 3.11. The van der Waals surface area contributed by atoms with E-state index in [0.717, 1.165) is 38.0 Å². The molecular weight excluding hydrogens is 310 g/mol. The average molecular weight is 335 g/mol. The zero-order chi connectivity index (χ0) is 16.8. The number of nitrogens with zero attached hydrogens (tertiary/aromatic N) is 2. The van der Waals surface area contributed by atoms with Crippen molar-refractivity contribution in [3.05, 3.63) is 24.0 Å². The first-order valence-corrected chi connectivity index (χ1v) is 8.48. The molecule has 3 rings (SSSR count). The van der Waals surface area contributed by atoms with Gasteiger partial charge in [-0.25, -0.2) is 4.98 Å². The lowest BCUT2D eigenvalue weighted by Crippen LogP contribution is -2.45. The topological polar surface area (TPSA) is 72.9 Å². The third-order valence-electron chi connectivity index (χ3n) is 4.50. The molecule has 1 aromatic heterocycles. The van der Waals surface area contributed by atoms with Gasteiger partial charge in [-0.3, -0.25) is 4.79 Å². The second-order valence-corrected chi connectivity index (χ2v) is 6.10. The summed E-state index contributed by atoms with van der Waals surface area (Å²) in [5, 5.41) is 2.84. The van der Waals surface area contributed by atoms with Crippen molar-refractivity contribution in [2.75, 3.05) is 51.5 Å². The maximum absolute atomic E-state index is 12.0. The molecule has 0 atom stereocenters. The number of pyridine rings is 1. The lowest BCUT2D eigenvalue weighted by Gasteiger charge is -2.38. The van der Waals surface area contributed by atoms with Crippen molar-refractivity contribution in [2.24, 2.45) is 0 Å². The zero-order valence-corrected chi connectivity index (χ0v) is 14.1. The Kier molecular flexibility index (Phi) is 5.65. The van der Waals surface area contributed by atoms with E-state index in [0.29, 0.717) is 32.1 Å². The lowest BCUT2D eigenvalue weighted by molar-refractivity contribution is -0.169. The average Bonchev–Trinajstić information content (AvgIpc) is 3.07. The molecule has 24 heavy (non-hydrogen) atoms. The molecule has 1 N–H and O–H groups in total. The zero-order valence-electron chi connectivity index (χ0n) is 14.1. The lowest BCUT2D eigenvalue weighted by atomic mass is 10.0. The van der Waals surface area contributed by atoms with Crippen molar-refractivity contribution >= 4 is 11.6 Å². The van der Waals surface area contributed by atoms with Crippen LogP contribution in [0.5, 0.6) is 0 Å². The molecule has 0 unspecified atom stereocenters. The highest BCUT2D eigenvalue weighted by atomic mass is 16.7. The summed E-state index contributed by atoms with van der Waals surface area (Å²) >= 11 is 0. The van der Waals surface area contributed by atoms with Crippen molar-refractivity contribution in [1.82, 2.24) is 10.3 Å². The minimum atomic E-state index is -0.369. The molecule has 1 aromatic rings. The highest BCUT2D eigenvalue weighted by Crippen LogP contribution is 2.32. The Bertz CT molecular complexity index is 533. The normalized spacial score (nSPS) is 19.6. The Morgan fingerprint density at radius 2 is 2.08 bits per heavy atom. The second kappa shape index (κ2) is 7.92. The summed E-state index contributed by atoms with van der Waals surface area (Å²) in [7, 11) is 1.65. The molecule has 2 saturated heterocycles. The molecule has 2 aliphatic rings. The SMILES string of the molecule is COCCCNC(=O)c1ccc(N2CCC3(CC2)OCCO3)cn1. The Morgan fingerprint density at radius 3 is 2.71 bits per heavy atom. The number of piperidine rings is 1. The van der Waals surface area contributed by atoms with Crippen LogP contribution < -0.4 is 10.2 Å². The minimum absolute atomic E-state index is 0.150. The van der Waals surface area contributed by atoms with Crippen molar-refractivity contribution in [2.45, 2.75) is 25.0 Å². The predicted molar refractivity (Wildman–Crippen MR) is 89.1 cm³/mol. The quantitative estimate of drug-likeness (QED) is 0.788. The van der Waals surface area contributed by atoms with Gasteiger partial charge in [0.25, 0.3) is 5.91 Å². The Balaban J connectivity index is 1.50. The van der Waals surface area contributed by atoms with E-state index in [1.807, 2.05) is 6.07 Å². The van der Waals surface area contributed by atoms with Gasteiger partial charge in [0.1, 0.15) is 5.69 Å². The number of nitrogens with one attached hydrogen (secondary N) is 1. The molecule has 1 amide bonds. The summed E-state index contributed by atoms with van der Waals surface area (Å²) < 4.78 is 16.4. The van der Waals surface area contributed by atoms with Crippen LogP contribution in [0.3, 0.4) is 0 Å². The number of methoxy groups -OCH3 is 1. The van der Waals surface area contributed by atoms with Crippen LogP contribution >= 0.6 is 0 Å². The van der Waals surface area contributed by atoms with E-state index in [1.54, 1.807) is 19.4 Å². The van der Waals surface area contributed by atoms with E-state index in [4.69, 9.17) is 14.2 Å². The van der Waals surface area contributed by atoms with Gasteiger partial charge in [0.05, 0.1) is 25.1 Å². The van der Waals surface area contributed by atoms with Crippen molar-refractivity contribution in [1.29, 1.82) is 0 Å². The van der Waals surface area contributed by atoms with Gasteiger partial charge in [0.15, 0.2) is 5.79 Å². The van der Waals surface area contributed by atoms with Crippen molar-refractivity contribution < 1.29 is 19.0 Å². The molecule has 3 heterocycles. The highest BCUT2D eigenvalue weighted by molar-refractivity contribution is 5.92. The first-order chi connectivity index (χ1) is 11.7. The van der Waals surface area contributed by atoms with Crippen LogP contribution in [0.25, 0.3) is 0 Å². The van der Waals surface area contributed by atoms with Gasteiger partial charge in [-0.2, -0.15) is 0 Å². The number of rotatable bonds is 6. The largest absolute Gasteiger partial charge is 0.385 e. The fraction of sp³-hybridized carbons (Fsp3) is 0.647. The summed E-state index contributed by atoms with van der Waals surface area (Å²) in [6.07, 6.45) is 4.27. The van der Waals surface area contributed by atoms with Gasteiger partial charge < -0.3 is 24.4 Å². The smallest absolute Gasteiger partial charge is 0.269 e. The summed E-state index contributed by atoms with van der Waals surface area (Å²) in [6, 6.07) is 3.72. The van der Waals surface area contributed by atoms with E-state index >= 15 is 0 Å². The summed E-state index contributed by atoms with van der Waals surface area (Å²) in [4.78, 5) is 18.6. The molecule has 0 aromatic carbocycles. The molecule has 0 aliphatic carbocycles. The highest BCUT2D eigenvalue weighted by Gasteiger charge is 2.39. The first kappa shape index (κ1) is 17.1. The van der Waals surface area contributed by atoms with Gasteiger partial charge >= 0.3 is 0 Å². The molecule has 1 spiro atoms. The van der Waals surface area contributed by atoms with Crippen molar-refractivity contribution in [3.8, 4) is 0 Å². The maximum Gasteiger partial charge on any atom is 0.269 e. The molecule has 0 saturated carbocycles. The second-order valence-electron chi connectivity index (χ2n) is 6.10. The van der Waals surface area contributed by atoms with Crippen LogP contribution in [0, 0.1) is 0 Å². The third kappa shape index (κ3) is 4.03. The minimum Gasteiger partial charge on any atom is -0.385 e. The van der Waals surface area contributed by atoms with Gasteiger partial charge in [-0.05, 0) is 18.6 Å². The number of carbonyl (C=O) groups is 1. The number of hydrogen-bond acceptors (Lipinski definition) is 6. The van der Waals surface area contributed by atoms with E-state index < -0.39 is 0 Å². The third-order valence-corrected chi connectivity index (χ3v) is 4.50. The molecule has 132 valence electrons. The Hall–Kier alpha value is -1.70. The van der Waals surface area contributed by atoms with Crippen LogP contribution in [0.4, 0.5) is 5.69 Å². The molecule has 0 radical (unpaired) electrons. The van der Waals surface area contributed by atoms with Crippen LogP contribution in [0.15, 0.2) is 18.3 Å². The predicted octanol–water partition coefficient (Wildman–Crippen LogP) is 1.19. The molecule has 2 aliphatic heterocycles. The van der Waals surface area contributed by atoms with Gasteiger partial charge in [-0.15, -0.1) is 0 Å². The van der Waals surface area contributed by atoms with Crippen LogP contribution in [-0.2, 0) is 14.2 Å². The fourth-order valence-corrected chi connectivity index (χ4v) is 3.11. The van der Waals surface area contributed by atoms with E-state index in [2.05, 4.69) is 15.2 Å². The Morgan fingerprint density at radius 1 is 1.33 bits per heavy atom.